The molecule has 0 aliphatic heterocycles. The third-order valence-corrected chi connectivity index (χ3v) is 2.43. The Morgan fingerprint density at radius 3 is 2.47 bits per heavy atom. The monoisotopic (exact) mass is 228 g/mol. The summed E-state index contributed by atoms with van der Waals surface area (Å²) in [6, 6.07) is 9.06. The Morgan fingerprint density at radius 1 is 1.18 bits per heavy atom. The molecule has 17 heavy (non-hydrogen) atoms. The minimum atomic E-state index is -0.789. The molecule has 0 amide bonds. The minimum Gasteiger partial charge on any atom is -0.481 e. The maximum Gasteiger partial charge on any atom is 0.303 e. The second-order valence-electron chi connectivity index (χ2n) is 3.70. The molecular formula is C13H12N2O2. The Hall–Kier alpha value is -2.33. The molecule has 0 fully saturated rings. The first-order chi connectivity index (χ1) is 8.17. The second kappa shape index (κ2) is 6.30. The highest BCUT2D eigenvalue weighted by Crippen LogP contribution is 2.13. The molecule has 0 saturated carbocycles. The van der Waals surface area contributed by atoms with E-state index in [2.05, 4.69) is 0 Å². The fourth-order valence-electron chi connectivity index (χ4n) is 1.54. The largest absolute Gasteiger partial charge is 0.481 e. The number of unbranched alkanes of at least 4 members (excludes halogenated alkanes) is 1. The molecular weight excluding hydrogens is 216 g/mol. The summed E-state index contributed by atoms with van der Waals surface area (Å²) in [4.78, 5) is 10.3. The number of aliphatic carboxylic acids is 1. The maximum absolute atomic E-state index is 10.3. The van der Waals surface area contributed by atoms with Crippen LogP contribution in [0, 0.1) is 22.7 Å². The molecule has 0 aliphatic carbocycles. The molecule has 0 spiro atoms. The highest BCUT2D eigenvalue weighted by atomic mass is 16.4. The standard InChI is InChI=1S/C13H12N2O2/c14-8-11-6-5-10(7-12(11)9-15)3-1-2-4-13(16)17/h5-7H,1-4H2,(H,16,17). The van der Waals surface area contributed by atoms with E-state index in [1.165, 1.54) is 0 Å². The summed E-state index contributed by atoms with van der Waals surface area (Å²) in [6.45, 7) is 0. The van der Waals surface area contributed by atoms with Crippen molar-refractivity contribution in [2.45, 2.75) is 25.7 Å². The van der Waals surface area contributed by atoms with E-state index >= 15 is 0 Å². The van der Waals surface area contributed by atoms with Gasteiger partial charge in [0.25, 0.3) is 0 Å². The second-order valence-corrected chi connectivity index (χ2v) is 3.70. The van der Waals surface area contributed by atoms with Crippen LogP contribution >= 0.6 is 0 Å². The van der Waals surface area contributed by atoms with Crippen LogP contribution in [0.3, 0.4) is 0 Å². The number of nitrogens with zero attached hydrogens (tertiary/aromatic N) is 2. The lowest BCUT2D eigenvalue weighted by Gasteiger charge is -2.02. The number of carbonyl (C=O) groups is 1. The first-order valence-electron chi connectivity index (χ1n) is 5.32. The van der Waals surface area contributed by atoms with Crippen LogP contribution in [0.2, 0.25) is 0 Å². The Morgan fingerprint density at radius 2 is 1.88 bits per heavy atom. The first kappa shape index (κ1) is 12.7. The van der Waals surface area contributed by atoms with Gasteiger partial charge >= 0.3 is 5.97 Å². The number of benzene rings is 1. The predicted molar refractivity (Wildman–Crippen MR) is 61.1 cm³/mol. The zero-order chi connectivity index (χ0) is 12.7. The molecule has 4 heteroatoms. The summed E-state index contributed by atoms with van der Waals surface area (Å²) < 4.78 is 0. The van der Waals surface area contributed by atoms with Gasteiger partial charge in [-0.25, -0.2) is 0 Å². The van der Waals surface area contributed by atoms with E-state index < -0.39 is 5.97 Å². The van der Waals surface area contributed by atoms with Crippen LogP contribution in [0.15, 0.2) is 18.2 Å². The van der Waals surface area contributed by atoms with Crippen LogP contribution in [0.1, 0.15) is 36.0 Å². The lowest BCUT2D eigenvalue weighted by molar-refractivity contribution is -0.137. The molecule has 4 nitrogen and oxygen atoms in total. The first-order valence-corrected chi connectivity index (χ1v) is 5.32. The van der Waals surface area contributed by atoms with Gasteiger partial charge in [0.15, 0.2) is 0 Å². The molecule has 0 unspecified atom stereocenters. The van der Waals surface area contributed by atoms with Crippen LogP contribution in [-0.2, 0) is 11.2 Å². The van der Waals surface area contributed by atoms with Crippen molar-refractivity contribution in [1.29, 1.82) is 10.5 Å². The SMILES string of the molecule is N#Cc1ccc(CCCCC(=O)O)cc1C#N. The highest BCUT2D eigenvalue weighted by Gasteiger charge is 2.03. The van der Waals surface area contributed by atoms with Crippen LogP contribution in [0.25, 0.3) is 0 Å². The van der Waals surface area contributed by atoms with Gasteiger partial charge in [0, 0.05) is 6.42 Å². The zero-order valence-electron chi connectivity index (χ0n) is 9.31. The van der Waals surface area contributed by atoms with Gasteiger partial charge in [-0.05, 0) is 37.0 Å². The van der Waals surface area contributed by atoms with E-state index in [4.69, 9.17) is 15.6 Å². The Labute approximate surface area is 99.7 Å². The molecule has 1 aromatic carbocycles. The lowest BCUT2D eigenvalue weighted by atomic mass is 10.0. The molecule has 0 heterocycles. The topological polar surface area (TPSA) is 84.9 Å². The smallest absolute Gasteiger partial charge is 0.303 e. The van der Waals surface area contributed by atoms with E-state index in [0.717, 1.165) is 18.4 Å². The Kier molecular flexibility index (Phi) is 4.72. The summed E-state index contributed by atoms with van der Waals surface area (Å²) in [7, 11) is 0. The Balaban J connectivity index is 2.59. The minimum absolute atomic E-state index is 0.168. The Bertz CT molecular complexity index is 495. The molecule has 0 aliphatic rings. The molecule has 0 saturated heterocycles. The number of hydrogen-bond acceptors (Lipinski definition) is 3. The van der Waals surface area contributed by atoms with Gasteiger partial charge in [-0.1, -0.05) is 6.07 Å². The van der Waals surface area contributed by atoms with Crippen LogP contribution in [0.4, 0.5) is 0 Å². The average Bonchev–Trinajstić information content (AvgIpc) is 2.34. The van der Waals surface area contributed by atoms with Crippen LogP contribution < -0.4 is 0 Å². The van der Waals surface area contributed by atoms with Crippen molar-refractivity contribution in [2.75, 3.05) is 0 Å². The van der Waals surface area contributed by atoms with E-state index in [1.54, 1.807) is 18.2 Å². The molecule has 1 aromatic rings. The normalized spacial score (nSPS) is 9.29. The fourth-order valence-corrected chi connectivity index (χ4v) is 1.54. The number of aryl methyl sites for hydroxylation is 1. The van der Waals surface area contributed by atoms with Crippen molar-refractivity contribution >= 4 is 5.97 Å². The predicted octanol–water partition coefficient (Wildman–Crippen LogP) is 2.23. The molecule has 0 aromatic heterocycles. The van der Waals surface area contributed by atoms with Crippen molar-refractivity contribution in [3.8, 4) is 12.1 Å². The zero-order valence-corrected chi connectivity index (χ0v) is 9.31. The van der Waals surface area contributed by atoms with E-state index in [-0.39, 0.29) is 6.42 Å². The molecule has 0 bridgehead atoms. The summed E-state index contributed by atoms with van der Waals surface area (Å²) in [5.41, 5.74) is 1.72. The third kappa shape index (κ3) is 3.96. The number of hydrogen-bond donors (Lipinski definition) is 1. The third-order valence-electron chi connectivity index (χ3n) is 2.43. The van der Waals surface area contributed by atoms with E-state index in [0.29, 0.717) is 17.5 Å². The summed E-state index contributed by atoms with van der Waals surface area (Å²) in [5, 5.41) is 26.1. The van der Waals surface area contributed by atoms with Gasteiger partial charge in [0.2, 0.25) is 0 Å². The van der Waals surface area contributed by atoms with Crippen LogP contribution in [-0.4, -0.2) is 11.1 Å². The van der Waals surface area contributed by atoms with Gasteiger partial charge in [-0.3, -0.25) is 4.79 Å². The van der Waals surface area contributed by atoms with Crippen LogP contribution in [0.5, 0.6) is 0 Å². The van der Waals surface area contributed by atoms with Gasteiger partial charge in [-0.2, -0.15) is 10.5 Å². The van der Waals surface area contributed by atoms with E-state index in [9.17, 15) is 4.79 Å². The highest BCUT2D eigenvalue weighted by molar-refractivity contribution is 5.66. The molecule has 0 radical (unpaired) electrons. The maximum atomic E-state index is 10.3. The van der Waals surface area contributed by atoms with Gasteiger partial charge in [0.05, 0.1) is 11.1 Å². The summed E-state index contributed by atoms with van der Waals surface area (Å²) >= 11 is 0. The molecule has 86 valence electrons. The van der Waals surface area contributed by atoms with E-state index in [1.807, 2.05) is 12.1 Å². The number of carboxylic acid groups (broad SMARTS) is 1. The van der Waals surface area contributed by atoms with Crippen molar-refractivity contribution in [3.05, 3.63) is 34.9 Å². The van der Waals surface area contributed by atoms with Crippen molar-refractivity contribution < 1.29 is 9.90 Å². The lowest BCUT2D eigenvalue weighted by Crippen LogP contribution is -1.95. The number of rotatable bonds is 5. The molecule has 0 atom stereocenters. The van der Waals surface area contributed by atoms with Gasteiger partial charge in [0.1, 0.15) is 12.1 Å². The van der Waals surface area contributed by atoms with Crippen molar-refractivity contribution in [1.82, 2.24) is 0 Å². The quantitative estimate of drug-likeness (QED) is 0.783. The fraction of sp³-hybridized carbons (Fsp3) is 0.308. The van der Waals surface area contributed by atoms with Crippen molar-refractivity contribution in [2.24, 2.45) is 0 Å². The number of nitriles is 2. The van der Waals surface area contributed by atoms with Gasteiger partial charge < -0.3 is 5.11 Å². The van der Waals surface area contributed by atoms with Crippen molar-refractivity contribution in [3.63, 3.8) is 0 Å². The molecule has 1 rings (SSSR count). The average molecular weight is 228 g/mol. The summed E-state index contributed by atoms with van der Waals surface area (Å²) in [5.74, 6) is -0.789. The van der Waals surface area contributed by atoms with Gasteiger partial charge in [-0.15, -0.1) is 0 Å². The molecule has 1 N–H and O–H groups in total. The number of carboxylic acids is 1. The summed E-state index contributed by atoms with van der Waals surface area (Å²) in [6.07, 6.45) is 2.29.